The van der Waals surface area contributed by atoms with E-state index in [4.69, 9.17) is 21.1 Å². The molecule has 0 aliphatic carbocycles. The van der Waals surface area contributed by atoms with Crippen LogP contribution in [0.5, 0.6) is 0 Å². The molecule has 12 heteroatoms. The van der Waals surface area contributed by atoms with Crippen LogP contribution < -0.4 is 10.6 Å². The minimum Gasteiger partial charge on any atom is -0.446 e. The Balaban J connectivity index is 1.12. The van der Waals surface area contributed by atoms with Gasteiger partial charge < -0.3 is 19.7 Å². The van der Waals surface area contributed by atoms with Gasteiger partial charge in [-0.25, -0.2) is 28.1 Å². The second-order valence-electron chi connectivity index (χ2n) is 9.26. The Morgan fingerprint density at radius 3 is 2.68 bits per heavy atom. The van der Waals surface area contributed by atoms with Gasteiger partial charge in [-0.15, -0.1) is 0 Å². The summed E-state index contributed by atoms with van der Waals surface area (Å²) < 4.78 is 37.6. The lowest BCUT2D eigenvalue weighted by Gasteiger charge is -2.44. The summed E-state index contributed by atoms with van der Waals surface area (Å²) in [4.78, 5) is 40.0. The second-order valence-corrected chi connectivity index (χ2v) is 9.70. The van der Waals surface area contributed by atoms with E-state index in [0.29, 0.717) is 56.2 Å². The number of rotatable bonds is 5. The Hall–Kier alpha value is -3.44. The van der Waals surface area contributed by atoms with Crippen LogP contribution >= 0.6 is 11.6 Å². The predicted molar refractivity (Wildman–Crippen MR) is 129 cm³/mol. The van der Waals surface area contributed by atoms with E-state index in [-0.39, 0.29) is 12.2 Å². The maximum absolute atomic E-state index is 13.7. The topological polar surface area (TPSA) is 100 Å². The molecule has 4 amide bonds. The van der Waals surface area contributed by atoms with Crippen LogP contribution in [-0.2, 0) is 15.1 Å². The highest BCUT2D eigenvalue weighted by Gasteiger charge is 2.44. The molecule has 37 heavy (non-hydrogen) atoms. The summed E-state index contributed by atoms with van der Waals surface area (Å²) in [6, 6.07) is 7.06. The third kappa shape index (κ3) is 5.05. The second kappa shape index (κ2) is 10.1. The molecule has 3 aliphatic heterocycles. The molecule has 196 valence electrons. The van der Waals surface area contributed by atoms with Crippen LogP contribution in [0.15, 0.2) is 36.4 Å². The van der Waals surface area contributed by atoms with Gasteiger partial charge in [-0.1, -0.05) is 17.7 Å². The Bertz CT molecular complexity index is 1240. The van der Waals surface area contributed by atoms with Gasteiger partial charge in [0.25, 0.3) is 0 Å². The van der Waals surface area contributed by atoms with Crippen molar-refractivity contribution in [2.75, 3.05) is 38.1 Å². The smallest absolute Gasteiger partial charge is 0.418 e. The molecule has 2 saturated heterocycles. The van der Waals surface area contributed by atoms with Crippen LogP contribution in [0.25, 0.3) is 0 Å². The number of anilines is 1. The number of nitrogens with zero attached hydrogens (tertiary/aromatic N) is 2. The molecule has 1 unspecified atom stereocenters. The van der Waals surface area contributed by atoms with Crippen molar-refractivity contribution in [3.05, 3.63) is 64.2 Å². The Morgan fingerprint density at radius 2 is 1.92 bits per heavy atom. The minimum absolute atomic E-state index is 0.138. The normalized spacial score (nSPS) is 20.7. The maximum atomic E-state index is 13.7. The summed E-state index contributed by atoms with van der Waals surface area (Å²) in [5.74, 6) is -2.08. The van der Waals surface area contributed by atoms with Crippen molar-refractivity contribution in [1.82, 2.24) is 15.1 Å². The van der Waals surface area contributed by atoms with Crippen molar-refractivity contribution in [2.24, 2.45) is 0 Å². The first-order chi connectivity index (χ1) is 17.8. The number of benzene rings is 2. The monoisotopic (exact) mass is 534 g/mol. The van der Waals surface area contributed by atoms with Crippen LogP contribution in [0.1, 0.15) is 36.4 Å². The summed E-state index contributed by atoms with van der Waals surface area (Å²) in [5.41, 5.74) is 1.13. The Morgan fingerprint density at radius 1 is 1.14 bits per heavy atom. The number of amides is 4. The van der Waals surface area contributed by atoms with E-state index in [1.54, 1.807) is 12.1 Å². The van der Waals surface area contributed by atoms with Crippen LogP contribution in [0.4, 0.5) is 28.9 Å². The zero-order valence-corrected chi connectivity index (χ0v) is 20.5. The van der Waals surface area contributed by atoms with Gasteiger partial charge in [0, 0.05) is 43.1 Å². The molecule has 0 aromatic heterocycles. The van der Waals surface area contributed by atoms with E-state index < -0.39 is 41.5 Å². The minimum atomic E-state index is -1.06. The van der Waals surface area contributed by atoms with E-state index in [9.17, 15) is 23.2 Å². The van der Waals surface area contributed by atoms with Crippen molar-refractivity contribution in [3.63, 3.8) is 0 Å². The molecule has 2 aromatic rings. The zero-order chi connectivity index (χ0) is 26.2. The van der Waals surface area contributed by atoms with Crippen LogP contribution in [0, 0.1) is 11.6 Å². The number of halogens is 3. The van der Waals surface area contributed by atoms with E-state index in [0.717, 1.165) is 22.6 Å². The summed E-state index contributed by atoms with van der Waals surface area (Å²) in [5, 5.41) is 6.00. The van der Waals surface area contributed by atoms with Crippen molar-refractivity contribution in [2.45, 2.75) is 30.9 Å². The lowest BCUT2D eigenvalue weighted by molar-refractivity contribution is -0.0378. The van der Waals surface area contributed by atoms with Crippen LogP contribution in [0.2, 0.25) is 5.02 Å². The first kappa shape index (κ1) is 25.2. The number of ether oxygens (including phenoxy) is 2. The third-order valence-corrected chi connectivity index (χ3v) is 7.24. The summed E-state index contributed by atoms with van der Waals surface area (Å²) >= 11 is 6.19. The van der Waals surface area contributed by atoms with Gasteiger partial charge in [-0.05, 0) is 48.9 Å². The molecule has 2 fully saturated rings. The lowest BCUT2D eigenvalue weighted by Crippen LogP contribution is -2.48. The van der Waals surface area contributed by atoms with Gasteiger partial charge in [-0.3, -0.25) is 5.32 Å². The van der Waals surface area contributed by atoms with Gasteiger partial charge in [0.1, 0.15) is 18.2 Å². The molecule has 1 spiro atoms. The highest BCUT2D eigenvalue weighted by atomic mass is 35.5. The average molecular weight is 535 g/mol. The molecule has 1 atom stereocenters. The number of hydrogen-bond donors (Lipinski definition) is 2. The third-order valence-electron chi connectivity index (χ3n) is 7.01. The van der Waals surface area contributed by atoms with Crippen molar-refractivity contribution < 1.29 is 32.6 Å². The zero-order valence-electron chi connectivity index (χ0n) is 19.8. The maximum Gasteiger partial charge on any atom is 0.418 e. The fourth-order valence-electron chi connectivity index (χ4n) is 5.07. The SMILES string of the molecule is O=C1Nc2ccc(Cl)cc2C2(CCN(CCCNC(=O)N3C(=O)OCC3c3ccc(F)c(F)c3)CC2)O1. The Kier molecular flexibility index (Phi) is 6.91. The number of piperidine rings is 1. The average Bonchev–Trinajstić information content (AvgIpc) is 3.26. The number of urea groups is 1. The molecule has 0 bridgehead atoms. The van der Waals surface area contributed by atoms with E-state index >= 15 is 0 Å². The number of imide groups is 1. The molecule has 9 nitrogen and oxygen atoms in total. The first-order valence-electron chi connectivity index (χ1n) is 12.0. The van der Waals surface area contributed by atoms with E-state index in [2.05, 4.69) is 15.5 Å². The highest BCUT2D eigenvalue weighted by Crippen LogP contribution is 2.44. The molecule has 2 N–H and O–H groups in total. The molecule has 3 aliphatic rings. The van der Waals surface area contributed by atoms with Crippen molar-refractivity contribution in [1.29, 1.82) is 0 Å². The van der Waals surface area contributed by atoms with Crippen LogP contribution in [0.3, 0.4) is 0 Å². The molecule has 5 rings (SSSR count). The van der Waals surface area contributed by atoms with Crippen molar-refractivity contribution >= 4 is 35.5 Å². The van der Waals surface area contributed by atoms with Gasteiger partial charge in [0.05, 0.1) is 5.69 Å². The van der Waals surface area contributed by atoms with E-state index in [1.807, 2.05) is 6.07 Å². The molecular weight excluding hydrogens is 510 g/mol. The fraction of sp³-hybridized carbons (Fsp3) is 0.400. The highest BCUT2D eigenvalue weighted by molar-refractivity contribution is 6.30. The summed E-state index contributed by atoms with van der Waals surface area (Å²) in [7, 11) is 0. The van der Waals surface area contributed by atoms with Gasteiger partial charge in [0.15, 0.2) is 11.6 Å². The molecule has 3 heterocycles. The molecular formula is C25H25ClF2N4O5. The molecule has 2 aromatic carbocycles. The van der Waals surface area contributed by atoms with E-state index in [1.165, 1.54) is 6.07 Å². The number of carbonyl (C=O) groups is 3. The number of nitrogens with one attached hydrogen (secondary N) is 2. The number of carbonyl (C=O) groups excluding carboxylic acids is 3. The summed E-state index contributed by atoms with van der Waals surface area (Å²) in [6.07, 6.45) is 0.505. The van der Waals surface area contributed by atoms with Gasteiger partial charge in [0.2, 0.25) is 0 Å². The van der Waals surface area contributed by atoms with Gasteiger partial charge in [-0.2, -0.15) is 0 Å². The van der Waals surface area contributed by atoms with Crippen molar-refractivity contribution in [3.8, 4) is 0 Å². The van der Waals surface area contributed by atoms with Gasteiger partial charge >= 0.3 is 18.2 Å². The number of hydrogen-bond acceptors (Lipinski definition) is 6. The lowest BCUT2D eigenvalue weighted by atomic mass is 9.82. The largest absolute Gasteiger partial charge is 0.446 e. The predicted octanol–water partition coefficient (Wildman–Crippen LogP) is 4.76. The number of likely N-dealkylation sites (tertiary alicyclic amines) is 1. The number of fused-ring (bicyclic) bond motifs is 2. The molecule has 0 saturated carbocycles. The quantitative estimate of drug-likeness (QED) is 0.536. The standard InChI is InChI=1S/C25H25ClF2N4O5/c26-16-3-5-20-17(13-16)25(37-23(34)30-20)6-10-31(11-7-25)9-1-8-29-22(33)32-21(14-36-24(32)35)15-2-4-18(27)19(28)12-15/h2-5,12-13,21H,1,6-11,14H2,(H,29,33)(H,30,34). The summed E-state index contributed by atoms with van der Waals surface area (Å²) in [6.45, 7) is 2.21. The fourth-order valence-corrected chi connectivity index (χ4v) is 5.25. The van der Waals surface area contributed by atoms with Crippen LogP contribution in [-0.4, -0.2) is 60.8 Å². The number of cyclic esters (lactones) is 1. The molecule has 0 radical (unpaired) electrons. The Labute approximate surface area is 216 Å². The first-order valence-corrected chi connectivity index (χ1v) is 12.3.